The zero-order valence-electron chi connectivity index (χ0n) is 19.1. The summed E-state index contributed by atoms with van der Waals surface area (Å²) in [4.78, 5) is 13.4. The zero-order valence-corrected chi connectivity index (χ0v) is 19.9. The van der Waals surface area contributed by atoms with Gasteiger partial charge in [-0.25, -0.2) is 13.4 Å². The van der Waals surface area contributed by atoms with E-state index in [1.54, 1.807) is 50.6 Å². The molecule has 8 nitrogen and oxygen atoms in total. The van der Waals surface area contributed by atoms with E-state index in [-0.39, 0.29) is 11.9 Å². The van der Waals surface area contributed by atoms with Crippen LogP contribution in [0, 0.1) is 0 Å². The van der Waals surface area contributed by atoms with Crippen LogP contribution in [0.3, 0.4) is 0 Å². The predicted octanol–water partition coefficient (Wildman–Crippen LogP) is 4.07. The quantitative estimate of drug-likeness (QED) is 0.551. The second-order valence-electron chi connectivity index (χ2n) is 7.85. The summed E-state index contributed by atoms with van der Waals surface area (Å²) in [6.07, 6.45) is 1.58. The van der Waals surface area contributed by atoms with Gasteiger partial charge in [-0.1, -0.05) is 36.4 Å². The number of sulfonamides is 1. The van der Waals surface area contributed by atoms with Crippen LogP contribution in [-0.2, 0) is 10.0 Å². The Morgan fingerprint density at radius 1 is 0.971 bits per heavy atom. The Hall–Kier alpha value is -3.85. The summed E-state index contributed by atoms with van der Waals surface area (Å²) in [5, 5.41) is 6.18. The minimum absolute atomic E-state index is 0.217. The van der Waals surface area contributed by atoms with Gasteiger partial charge in [0, 0.05) is 17.7 Å². The molecule has 4 rings (SSSR count). The van der Waals surface area contributed by atoms with E-state index >= 15 is 0 Å². The molecule has 9 heteroatoms. The smallest absolute Gasteiger partial charge is 0.274 e. The summed E-state index contributed by atoms with van der Waals surface area (Å²) in [6.45, 7) is 0. The fourth-order valence-corrected chi connectivity index (χ4v) is 4.41. The largest absolute Gasteiger partial charge is 0.493 e. The number of carbonyl (C=O) groups is 1. The van der Waals surface area contributed by atoms with E-state index in [0.717, 1.165) is 23.1 Å². The van der Waals surface area contributed by atoms with E-state index in [0.29, 0.717) is 29.2 Å². The number of anilines is 1. The maximum absolute atomic E-state index is 13.4. The van der Waals surface area contributed by atoms with Crippen LogP contribution >= 0.6 is 0 Å². The third-order valence-electron chi connectivity index (χ3n) is 5.45. The first-order chi connectivity index (χ1) is 16.3. The summed E-state index contributed by atoms with van der Waals surface area (Å²) >= 11 is 0. The highest BCUT2D eigenvalue weighted by Crippen LogP contribution is 2.38. The fourth-order valence-electron chi connectivity index (χ4n) is 3.85. The van der Waals surface area contributed by atoms with Gasteiger partial charge in [-0.3, -0.25) is 9.52 Å². The van der Waals surface area contributed by atoms with Gasteiger partial charge in [0.25, 0.3) is 5.91 Å². The van der Waals surface area contributed by atoms with E-state index < -0.39 is 10.0 Å². The lowest BCUT2D eigenvalue weighted by molar-refractivity contribution is 0.0711. The molecule has 1 heterocycles. The fraction of sp³-hybridized carbons (Fsp3) is 0.200. The number of hydrazone groups is 1. The van der Waals surface area contributed by atoms with Gasteiger partial charge in [-0.2, -0.15) is 5.10 Å². The molecule has 3 aromatic carbocycles. The lowest BCUT2D eigenvalue weighted by Gasteiger charge is -2.23. The molecular weight excluding hydrogens is 454 g/mol. The average Bonchev–Trinajstić information content (AvgIpc) is 3.28. The Balaban J connectivity index is 1.70. The highest BCUT2D eigenvalue weighted by molar-refractivity contribution is 7.92. The number of amides is 1. The summed E-state index contributed by atoms with van der Waals surface area (Å²) < 4.78 is 36.2. The van der Waals surface area contributed by atoms with Crippen LogP contribution in [0.15, 0.2) is 77.9 Å². The number of methoxy groups -OCH3 is 2. The number of hydrogen-bond acceptors (Lipinski definition) is 6. The van der Waals surface area contributed by atoms with Gasteiger partial charge in [0.05, 0.1) is 32.2 Å². The zero-order chi connectivity index (χ0) is 24.3. The van der Waals surface area contributed by atoms with Gasteiger partial charge in [0.15, 0.2) is 11.5 Å². The van der Waals surface area contributed by atoms with Crippen molar-refractivity contribution in [1.82, 2.24) is 5.01 Å². The maximum atomic E-state index is 13.4. The third-order valence-corrected chi connectivity index (χ3v) is 6.06. The maximum Gasteiger partial charge on any atom is 0.274 e. The number of benzene rings is 3. The standard InChI is InChI=1S/C25H25N3O5S/c1-32-23-14-11-19(15-24(23)33-2)22-16-21(17-9-12-20(13-10-17)27-34(3,30)31)26-28(22)25(29)18-7-5-4-6-8-18/h4-15,22,27H,16H2,1-3H3/t22-/m0/s1. The summed E-state index contributed by atoms with van der Waals surface area (Å²) in [5.74, 6) is 0.947. The molecule has 1 atom stereocenters. The topological polar surface area (TPSA) is 97.3 Å². The molecule has 0 radical (unpaired) electrons. The van der Waals surface area contributed by atoms with Gasteiger partial charge in [-0.05, 0) is 47.5 Å². The normalized spacial score (nSPS) is 15.6. The van der Waals surface area contributed by atoms with Gasteiger partial charge in [0.1, 0.15) is 0 Å². The highest BCUT2D eigenvalue weighted by atomic mass is 32.2. The molecule has 0 aromatic heterocycles. The van der Waals surface area contributed by atoms with Crippen molar-refractivity contribution in [3.05, 3.63) is 89.5 Å². The van der Waals surface area contributed by atoms with E-state index in [1.807, 2.05) is 36.4 Å². The molecule has 0 saturated heterocycles. The van der Waals surface area contributed by atoms with E-state index in [4.69, 9.17) is 9.47 Å². The van der Waals surface area contributed by atoms with Crippen molar-refractivity contribution in [2.24, 2.45) is 5.10 Å². The number of hydrogen-bond donors (Lipinski definition) is 1. The van der Waals surface area contributed by atoms with Crippen molar-refractivity contribution in [2.75, 3.05) is 25.2 Å². The first-order valence-electron chi connectivity index (χ1n) is 10.6. The summed E-state index contributed by atoms with van der Waals surface area (Å²) in [5.41, 5.74) is 3.36. The molecule has 3 aromatic rings. The van der Waals surface area contributed by atoms with Gasteiger partial charge < -0.3 is 9.47 Å². The summed E-state index contributed by atoms with van der Waals surface area (Å²) in [7, 11) is -0.234. The number of rotatable bonds is 7. The summed E-state index contributed by atoms with van der Waals surface area (Å²) in [6, 6.07) is 21.1. The predicted molar refractivity (Wildman–Crippen MR) is 131 cm³/mol. The van der Waals surface area contributed by atoms with E-state index in [9.17, 15) is 13.2 Å². The molecule has 34 heavy (non-hydrogen) atoms. The molecule has 176 valence electrons. The first kappa shape index (κ1) is 23.3. The molecule has 0 aliphatic carbocycles. The van der Waals surface area contributed by atoms with Crippen molar-refractivity contribution >= 4 is 27.3 Å². The Morgan fingerprint density at radius 3 is 2.26 bits per heavy atom. The van der Waals surface area contributed by atoms with Crippen LogP contribution in [0.2, 0.25) is 0 Å². The Kier molecular flexibility index (Phi) is 6.56. The molecular formula is C25H25N3O5S. The average molecular weight is 480 g/mol. The van der Waals surface area contributed by atoms with E-state index in [1.165, 1.54) is 5.01 Å². The van der Waals surface area contributed by atoms with Crippen molar-refractivity contribution in [1.29, 1.82) is 0 Å². The Labute approximate surface area is 198 Å². The Bertz CT molecular complexity index is 1320. The van der Waals surface area contributed by atoms with Gasteiger partial charge >= 0.3 is 0 Å². The molecule has 0 unspecified atom stereocenters. The van der Waals surface area contributed by atoms with Crippen LogP contribution in [-0.4, -0.2) is 45.5 Å². The van der Waals surface area contributed by atoms with Crippen molar-refractivity contribution in [3.63, 3.8) is 0 Å². The monoisotopic (exact) mass is 479 g/mol. The Morgan fingerprint density at radius 2 is 1.65 bits per heavy atom. The molecule has 0 spiro atoms. The lowest BCUT2D eigenvalue weighted by Crippen LogP contribution is -2.27. The molecule has 0 saturated carbocycles. The van der Waals surface area contributed by atoms with Crippen molar-refractivity contribution < 1.29 is 22.7 Å². The molecule has 1 aliphatic heterocycles. The van der Waals surface area contributed by atoms with E-state index in [2.05, 4.69) is 9.82 Å². The van der Waals surface area contributed by atoms with Gasteiger partial charge in [-0.15, -0.1) is 0 Å². The second kappa shape index (κ2) is 9.56. The minimum Gasteiger partial charge on any atom is -0.493 e. The first-order valence-corrected chi connectivity index (χ1v) is 12.4. The highest BCUT2D eigenvalue weighted by Gasteiger charge is 2.34. The minimum atomic E-state index is -3.37. The van der Waals surface area contributed by atoms with Crippen LogP contribution in [0.4, 0.5) is 5.69 Å². The molecule has 0 fully saturated rings. The number of ether oxygens (including phenoxy) is 2. The number of nitrogens with one attached hydrogen (secondary N) is 1. The van der Waals surface area contributed by atoms with Crippen LogP contribution in [0.5, 0.6) is 11.5 Å². The lowest BCUT2D eigenvalue weighted by atomic mass is 9.97. The number of nitrogens with zero attached hydrogens (tertiary/aromatic N) is 2. The molecule has 1 aliphatic rings. The van der Waals surface area contributed by atoms with Gasteiger partial charge in [0.2, 0.25) is 10.0 Å². The number of carbonyl (C=O) groups excluding carboxylic acids is 1. The molecule has 0 bridgehead atoms. The molecule has 1 N–H and O–H groups in total. The van der Waals surface area contributed by atoms with Crippen LogP contribution in [0.25, 0.3) is 0 Å². The van der Waals surface area contributed by atoms with Crippen molar-refractivity contribution in [3.8, 4) is 11.5 Å². The van der Waals surface area contributed by atoms with Crippen LogP contribution in [0.1, 0.15) is 33.9 Å². The molecule has 1 amide bonds. The van der Waals surface area contributed by atoms with Crippen LogP contribution < -0.4 is 14.2 Å². The SMILES string of the molecule is COc1ccc([C@@H]2CC(c3ccc(NS(C)(=O)=O)cc3)=NN2C(=O)c2ccccc2)cc1OC. The third kappa shape index (κ3) is 5.04. The second-order valence-corrected chi connectivity index (χ2v) is 9.60. The van der Waals surface area contributed by atoms with Crippen molar-refractivity contribution in [2.45, 2.75) is 12.5 Å².